The number of benzene rings is 2. The van der Waals surface area contributed by atoms with Crippen LogP contribution < -0.4 is 9.46 Å². The lowest BCUT2D eigenvalue weighted by molar-refractivity contribution is 0.460. The largest absolute Gasteiger partial charge is 0.439 e. The molecule has 0 atom stereocenters. The van der Waals surface area contributed by atoms with Crippen molar-refractivity contribution in [1.29, 1.82) is 0 Å². The number of hydrogen-bond acceptors (Lipinski definition) is 6. The molecule has 0 aliphatic rings. The molecule has 0 unspecified atom stereocenters. The smallest absolute Gasteiger partial charge is 0.237 e. The van der Waals surface area contributed by atoms with Crippen LogP contribution >= 0.6 is 0 Å². The molecule has 2 aromatic heterocycles. The van der Waals surface area contributed by atoms with Gasteiger partial charge in [0.1, 0.15) is 23.7 Å². The Morgan fingerprint density at radius 2 is 1.76 bits per heavy atom. The molecule has 0 fully saturated rings. The molecular formula is C22H19F2N5O3S. The first-order chi connectivity index (χ1) is 15.7. The number of nitrogens with one attached hydrogen (secondary N) is 1. The Balaban J connectivity index is 1.45. The summed E-state index contributed by atoms with van der Waals surface area (Å²) in [7, 11) is -3.96. The van der Waals surface area contributed by atoms with Gasteiger partial charge in [0.2, 0.25) is 15.9 Å². The minimum absolute atomic E-state index is 0.241. The van der Waals surface area contributed by atoms with E-state index in [4.69, 9.17) is 4.74 Å². The van der Waals surface area contributed by atoms with Gasteiger partial charge in [0.05, 0.1) is 11.4 Å². The molecule has 0 aliphatic heterocycles. The maximum absolute atomic E-state index is 13.8. The minimum Gasteiger partial charge on any atom is -0.439 e. The first-order valence-electron chi connectivity index (χ1n) is 9.76. The van der Waals surface area contributed by atoms with Crippen molar-refractivity contribution in [1.82, 2.24) is 19.7 Å². The quantitative estimate of drug-likeness (QED) is 0.432. The predicted molar refractivity (Wildman–Crippen MR) is 118 cm³/mol. The lowest BCUT2D eigenvalue weighted by Gasteiger charge is -2.10. The van der Waals surface area contributed by atoms with E-state index >= 15 is 0 Å². The molecule has 1 N–H and O–H groups in total. The number of aromatic nitrogens is 4. The van der Waals surface area contributed by atoms with E-state index in [1.54, 1.807) is 22.9 Å². The number of sulfonamides is 1. The third-order valence-electron chi connectivity index (χ3n) is 4.56. The number of ether oxygens (including phenoxy) is 1. The van der Waals surface area contributed by atoms with Crippen LogP contribution in [0, 0.1) is 25.5 Å². The van der Waals surface area contributed by atoms with Crippen LogP contribution in [0.25, 0.3) is 5.82 Å². The molecule has 170 valence electrons. The fourth-order valence-corrected chi connectivity index (χ4v) is 4.35. The van der Waals surface area contributed by atoms with Crippen molar-refractivity contribution in [3.63, 3.8) is 0 Å². The molecule has 0 radical (unpaired) electrons. The summed E-state index contributed by atoms with van der Waals surface area (Å²) in [6.45, 7) is 3.79. The van der Waals surface area contributed by atoms with Gasteiger partial charge in [-0.3, -0.25) is 4.72 Å². The summed E-state index contributed by atoms with van der Waals surface area (Å²) in [6, 6.07) is 12.3. The summed E-state index contributed by atoms with van der Waals surface area (Å²) in [6.07, 6.45) is 1.36. The molecule has 0 bridgehead atoms. The van der Waals surface area contributed by atoms with Crippen LogP contribution in [0.15, 0.2) is 60.9 Å². The van der Waals surface area contributed by atoms with Gasteiger partial charge < -0.3 is 4.74 Å². The molecule has 8 nitrogen and oxygen atoms in total. The summed E-state index contributed by atoms with van der Waals surface area (Å²) in [5.41, 5.74) is 1.74. The van der Waals surface area contributed by atoms with E-state index in [9.17, 15) is 17.2 Å². The average molecular weight is 471 g/mol. The first-order valence-corrected chi connectivity index (χ1v) is 11.4. The summed E-state index contributed by atoms with van der Waals surface area (Å²) < 4.78 is 61.5. The Hall–Kier alpha value is -3.86. The van der Waals surface area contributed by atoms with Crippen molar-refractivity contribution in [2.45, 2.75) is 19.6 Å². The summed E-state index contributed by atoms with van der Waals surface area (Å²) in [5, 5.41) is 4.38. The second kappa shape index (κ2) is 8.94. The van der Waals surface area contributed by atoms with E-state index in [2.05, 4.69) is 19.8 Å². The van der Waals surface area contributed by atoms with Gasteiger partial charge in [-0.25, -0.2) is 31.8 Å². The van der Waals surface area contributed by atoms with Crippen LogP contribution in [0.1, 0.15) is 17.0 Å². The van der Waals surface area contributed by atoms with Crippen molar-refractivity contribution in [2.75, 3.05) is 4.72 Å². The zero-order chi connectivity index (χ0) is 23.6. The molecule has 4 rings (SSSR count). The molecule has 0 aliphatic carbocycles. The highest BCUT2D eigenvalue weighted by Gasteiger charge is 2.16. The van der Waals surface area contributed by atoms with Crippen molar-refractivity contribution < 1.29 is 21.9 Å². The number of halogens is 2. The highest BCUT2D eigenvalue weighted by Crippen LogP contribution is 2.24. The van der Waals surface area contributed by atoms with Gasteiger partial charge >= 0.3 is 0 Å². The van der Waals surface area contributed by atoms with Crippen molar-refractivity contribution >= 4 is 15.7 Å². The van der Waals surface area contributed by atoms with E-state index < -0.39 is 27.4 Å². The van der Waals surface area contributed by atoms with Crippen molar-refractivity contribution in [3.8, 4) is 17.4 Å². The van der Waals surface area contributed by atoms with Gasteiger partial charge in [-0.15, -0.1) is 0 Å². The Morgan fingerprint density at radius 3 is 2.45 bits per heavy atom. The van der Waals surface area contributed by atoms with Crippen molar-refractivity contribution in [3.05, 3.63) is 89.5 Å². The highest BCUT2D eigenvalue weighted by molar-refractivity contribution is 7.91. The zero-order valence-corrected chi connectivity index (χ0v) is 18.5. The van der Waals surface area contributed by atoms with Gasteiger partial charge in [0, 0.05) is 23.0 Å². The van der Waals surface area contributed by atoms with Gasteiger partial charge in [0.15, 0.2) is 5.82 Å². The van der Waals surface area contributed by atoms with Crippen LogP contribution in [0.3, 0.4) is 0 Å². The monoisotopic (exact) mass is 471 g/mol. The Kier molecular flexibility index (Phi) is 6.05. The molecule has 0 saturated carbocycles. The molecule has 0 amide bonds. The summed E-state index contributed by atoms with van der Waals surface area (Å²) in [4.78, 5) is 8.30. The number of nitrogens with zero attached hydrogens (tertiary/aromatic N) is 4. The fourth-order valence-electron chi connectivity index (χ4n) is 3.15. The van der Waals surface area contributed by atoms with E-state index in [0.29, 0.717) is 11.6 Å². The van der Waals surface area contributed by atoms with Crippen LogP contribution in [0.5, 0.6) is 11.6 Å². The van der Waals surface area contributed by atoms with Crippen molar-refractivity contribution in [2.24, 2.45) is 0 Å². The molecule has 33 heavy (non-hydrogen) atoms. The van der Waals surface area contributed by atoms with Gasteiger partial charge in [-0.2, -0.15) is 5.10 Å². The molecule has 0 spiro atoms. The normalized spacial score (nSPS) is 11.4. The molecule has 2 aromatic carbocycles. The van der Waals surface area contributed by atoms with Crippen LogP contribution in [-0.4, -0.2) is 28.2 Å². The number of aryl methyl sites for hydroxylation is 2. The van der Waals surface area contributed by atoms with E-state index in [-0.39, 0.29) is 17.1 Å². The lowest BCUT2D eigenvalue weighted by Crippen LogP contribution is -2.16. The molecule has 0 saturated heterocycles. The highest BCUT2D eigenvalue weighted by atomic mass is 32.2. The van der Waals surface area contributed by atoms with Crippen LogP contribution in [0.4, 0.5) is 14.5 Å². The molecule has 11 heteroatoms. The van der Waals surface area contributed by atoms with Gasteiger partial charge in [0.25, 0.3) is 0 Å². The van der Waals surface area contributed by atoms with E-state index in [0.717, 1.165) is 29.6 Å². The first kappa shape index (κ1) is 22.3. The number of rotatable bonds is 7. The standard InChI is InChI=1S/C22H19F2N5O3S/c1-14-9-15(2)29(27-14)21-11-22(26-13-25-21)32-19-6-4-18(5-7-19)28-33(30,31)12-16-10-17(23)3-8-20(16)24/h3-11,13,28H,12H2,1-2H3. The van der Waals surface area contributed by atoms with E-state index in [1.807, 2.05) is 19.9 Å². The Labute approximate surface area is 188 Å². The minimum atomic E-state index is -3.96. The number of anilines is 1. The maximum Gasteiger partial charge on any atom is 0.237 e. The van der Waals surface area contributed by atoms with E-state index in [1.165, 1.54) is 18.5 Å². The molecule has 4 aromatic rings. The van der Waals surface area contributed by atoms with Crippen LogP contribution in [-0.2, 0) is 15.8 Å². The SMILES string of the molecule is Cc1cc(C)n(-c2cc(Oc3ccc(NS(=O)(=O)Cc4cc(F)ccc4F)cc3)ncn2)n1. The lowest BCUT2D eigenvalue weighted by atomic mass is 10.2. The third kappa shape index (κ3) is 5.50. The van der Waals surface area contributed by atoms with Crippen LogP contribution in [0.2, 0.25) is 0 Å². The molecule has 2 heterocycles. The fraction of sp³-hybridized carbons (Fsp3) is 0.136. The van der Waals surface area contributed by atoms with Gasteiger partial charge in [-0.1, -0.05) is 0 Å². The summed E-state index contributed by atoms with van der Waals surface area (Å²) in [5.74, 6) is -0.983. The zero-order valence-electron chi connectivity index (χ0n) is 17.7. The Morgan fingerprint density at radius 1 is 1.00 bits per heavy atom. The Bertz CT molecular complexity index is 1410. The number of hydrogen-bond donors (Lipinski definition) is 1. The summed E-state index contributed by atoms with van der Waals surface area (Å²) >= 11 is 0. The van der Waals surface area contributed by atoms with Gasteiger partial charge in [-0.05, 0) is 62.4 Å². The molecular weight excluding hydrogens is 452 g/mol. The second-order valence-electron chi connectivity index (χ2n) is 7.28. The maximum atomic E-state index is 13.8. The second-order valence-corrected chi connectivity index (χ2v) is 9.00. The topological polar surface area (TPSA) is 99.0 Å². The average Bonchev–Trinajstić information content (AvgIpc) is 3.10. The predicted octanol–water partition coefficient (Wildman–Crippen LogP) is 4.29. The third-order valence-corrected chi connectivity index (χ3v) is 5.80.